The zero-order chi connectivity index (χ0) is 18.7. The van der Waals surface area contributed by atoms with Crippen molar-refractivity contribution >= 4 is 5.91 Å². The van der Waals surface area contributed by atoms with Crippen molar-refractivity contribution in [2.24, 2.45) is 0 Å². The number of amides is 1. The van der Waals surface area contributed by atoms with Crippen molar-refractivity contribution < 1.29 is 9.21 Å². The molecule has 140 valence electrons. The van der Waals surface area contributed by atoms with Crippen LogP contribution in [0.15, 0.2) is 28.7 Å². The van der Waals surface area contributed by atoms with Gasteiger partial charge in [0.25, 0.3) is 5.91 Å². The minimum absolute atomic E-state index is 0.108. The maximum atomic E-state index is 12.7. The number of aromatic nitrogens is 1. The highest BCUT2D eigenvalue weighted by Gasteiger charge is 2.23. The lowest BCUT2D eigenvalue weighted by molar-refractivity contribution is 0.0743. The summed E-state index contributed by atoms with van der Waals surface area (Å²) in [6.45, 7) is 8.84. The molecule has 0 radical (unpaired) electrons. The van der Waals surface area contributed by atoms with Crippen LogP contribution in [0.2, 0.25) is 0 Å². The van der Waals surface area contributed by atoms with Crippen LogP contribution in [0.5, 0.6) is 0 Å². The van der Waals surface area contributed by atoms with Crippen LogP contribution < -0.4 is 0 Å². The molecule has 1 saturated heterocycles. The Morgan fingerprint density at radius 2 is 1.96 bits per heavy atom. The number of rotatable bonds is 5. The SMILES string of the molecule is Cc1cc(C)nc(CN(C)C(=O)c2ccc(C(C)N3CCCCC3)o2)c1. The van der Waals surface area contributed by atoms with Crippen LogP contribution in [0.25, 0.3) is 0 Å². The summed E-state index contributed by atoms with van der Waals surface area (Å²) < 4.78 is 5.91. The molecule has 0 bridgehead atoms. The van der Waals surface area contributed by atoms with Crippen molar-refractivity contribution in [3.63, 3.8) is 0 Å². The van der Waals surface area contributed by atoms with E-state index in [0.717, 1.165) is 35.8 Å². The highest BCUT2D eigenvalue weighted by Crippen LogP contribution is 2.26. The number of nitrogens with zero attached hydrogens (tertiary/aromatic N) is 3. The number of hydrogen-bond acceptors (Lipinski definition) is 4. The van der Waals surface area contributed by atoms with E-state index in [2.05, 4.69) is 16.8 Å². The summed E-state index contributed by atoms with van der Waals surface area (Å²) >= 11 is 0. The fraction of sp³-hybridized carbons (Fsp3) is 0.524. The largest absolute Gasteiger partial charge is 0.454 e. The molecule has 3 rings (SSSR count). The van der Waals surface area contributed by atoms with Crippen LogP contribution in [0, 0.1) is 13.8 Å². The lowest BCUT2D eigenvalue weighted by atomic mass is 10.1. The van der Waals surface area contributed by atoms with Gasteiger partial charge in [0.1, 0.15) is 5.76 Å². The first-order valence-electron chi connectivity index (χ1n) is 9.47. The Kier molecular flexibility index (Phi) is 5.77. The lowest BCUT2D eigenvalue weighted by Crippen LogP contribution is -2.32. The third kappa shape index (κ3) is 4.33. The van der Waals surface area contributed by atoms with E-state index in [-0.39, 0.29) is 11.9 Å². The summed E-state index contributed by atoms with van der Waals surface area (Å²) in [5.74, 6) is 1.16. The quantitative estimate of drug-likeness (QED) is 0.810. The van der Waals surface area contributed by atoms with Gasteiger partial charge in [-0.05, 0) is 76.5 Å². The Labute approximate surface area is 156 Å². The number of furan rings is 1. The van der Waals surface area contributed by atoms with E-state index in [1.807, 2.05) is 32.0 Å². The number of carbonyl (C=O) groups excluding carboxylic acids is 1. The molecule has 26 heavy (non-hydrogen) atoms. The van der Waals surface area contributed by atoms with Crippen LogP contribution in [0.3, 0.4) is 0 Å². The standard InChI is InChI=1S/C21H29N3O2/c1-15-12-16(2)22-18(13-15)14-23(4)21(25)20-9-8-19(26-20)17(3)24-10-6-5-7-11-24/h8-9,12-13,17H,5-7,10-11,14H2,1-4H3. The molecule has 1 unspecified atom stereocenters. The average Bonchev–Trinajstić information content (AvgIpc) is 3.10. The molecule has 1 atom stereocenters. The Hall–Kier alpha value is -2.14. The summed E-state index contributed by atoms with van der Waals surface area (Å²) in [5, 5.41) is 0. The van der Waals surface area contributed by atoms with Gasteiger partial charge in [-0.1, -0.05) is 6.42 Å². The molecule has 1 aliphatic heterocycles. The number of hydrogen-bond donors (Lipinski definition) is 0. The second-order valence-electron chi connectivity index (χ2n) is 7.41. The number of piperidine rings is 1. The van der Waals surface area contributed by atoms with Gasteiger partial charge in [-0.25, -0.2) is 0 Å². The Bertz CT molecular complexity index is 742. The highest BCUT2D eigenvalue weighted by molar-refractivity contribution is 5.91. The smallest absolute Gasteiger partial charge is 0.289 e. The Balaban J connectivity index is 1.66. The molecular weight excluding hydrogens is 326 g/mol. The van der Waals surface area contributed by atoms with Gasteiger partial charge in [-0.2, -0.15) is 0 Å². The summed E-state index contributed by atoms with van der Waals surface area (Å²) in [4.78, 5) is 21.3. The van der Waals surface area contributed by atoms with Crippen molar-refractivity contribution in [2.75, 3.05) is 20.1 Å². The molecule has 5 heteroatoms. The van der Waals surface area contributed by atoms with Gasteiger partial charge >= 0.3 is 0 Å². The number of aryl methyl sites for hydroxylation is 2. The molecular formula is C21H29N3O2. The number of likely N-dealkylation sites (tertiary alicyclic amines) is 1. The second kappa shape index (κ2) is 8.04. The van der Waals surface area contributed by atoms with Crippen LogP contribution >= 0.6 is 0 Å². The van der Waals surface area contributed by atoms with E-state index in [9.17, 15) is 4.79 Å². The molecule has 0 aromatic carbocycles. The maximum absolute atomic E-state index is 12.7. The van der Waals surface area contributed by atoms with Crippen LogP contribution in [-0.4, -0.2) is 40.8 Å². The summed E-state index contributed by atoms with van der Waals surface area (Å²) in [6, 6.07) is 8.00. The minimum Gasteiger partial charge on any atom is -0.454 e. The monoisotopic (exact) mass is 355 g/mol. The Morgan fingerprint density at radius 1 is 1.23 bits per heavy atom. The normalized spacial score (nSPS) is 16.5. The third-order valence-corrected chi connectivity index (χ3v) is 5.08. The third-order valence-electron chi connectivity index (χ3n) is 5.08. The topological polar surface area (TPSA) is 49.6 Å². The molecule has 0 aliphatic carbocycles. The molecule has 0 saturated carbocycles. The molecule has 5 nitrogen and oxygen atoms in total. The number of carbonyl (C=O) groups is 1. The van der Waals surface area contributed by atoms with E-state index in [1.54, 1.807) is 18.0 Å². The highest BCUT2D eigenvalue weighted by atomic mass is 16.4. The molecule has 2 aromatic heterocycles. The van der Waals surface area contributed by atoms with Crippen LogP contribution in [0.4, 0.5) is 0 Å². The first kappa shape index (κ1) is 18.6. The molecule has 0 N–H and O–H groups in total. The number of pyridine rings is 1. The fourth-order valence-corrected chi connectivity index (χ4v) is 3.69. The predicted molar refractivity (Wildman–Crippen MR) is 102 cm³/mol. The van der Waals surface area contributed by atoms with Gasteiger partial charge in [0.15, 0.2) is 5.76 Å². The van der Waals surface area contributed by atoms with Gasteiger partial charge in [0.05, 0.1) is 18.3 Å². The van der Waals surface area contributed by atoms with Crippen molar-refractivity contribution in [3.8, 4) is 0 Å². The van der Waals surface area contributed by atoms with Crippen LogP contribution in [0.1, 0.15) is 65.5 Å². The molecule has 1 amide bonds. The van der Waals surface area contributed by atoms with Crippen molar-refractivity contribution in [1.29, 1.82) is 0 Å². The summed E-state index contributed by atoms with van der Waals surface area (Å²) in [6.07, 6.45) is 3.79. The minimum atomic E-state index is -0.108. The van der Waals surface area contributed by atoms with Gasteiger partial charge in [-0.15, -0.1) is 0 Å². The first-order chi connectivity index (χ1) is 12.4. The lowest BCUT2D eigenvalue weighted by Gasteiger charge is -2.31. The van der Waals surface area contributed by atoms with Gasteiger partial charge in [-0.3, -0.25) is 14.7 Å². The van der Waals surface area contributed by atoms with Crippen LogP contribution in [-0.2, 0) is 6.54 Å². The van der Waals surface area contributed by atoms with Crippen molar-refractivity contribution in [1.82, 2.24) is 14.8 Å². The van der Waals surface area contributed by atoms with Gasteiger partial charge < -0.3 is 9.32 Å². The van der Waals surface area contributed by atoms with Crippen molar-refractivity contribution in [3.05, 3.63) is 52.7 Å². The maximum Gasteiger partial charge on any atom is 0.289 e. The van der Waals surface area contributed by atoms with Gasteiger partial charge in [0.2, 0.25) is 0 Å². The van der Waals surface area contributed by atoms with E-state index < -0.39 is 0 Å². The second-order valence-corrected chi connectivity index (χ2v) is 7.41. The van der Waals surface area contributed by atoms with E-state index in [0.29, 0.717) is 12.3 Å². The molecule has 1 fully saturated rings. The van der Waals surface area contributed by atoms with E-state index >= 15 is 0 Å². The van der Waals surface area contributed by atoms with E-state index in [4.69, 9.17) is 4.42 Å². The molecule has 3 heterocycles. The molecule has 2 aromatic rings. The zero-order valence-electron chi connectivity index (χ0n) is 16.3. The molecule has 1 aliphatic rings. The first-order valence-corrected chi connectivity index (χ1v) is 9.47. The average molecular weight is 355 g/mol. The van der Waals surface area contributed by atoms with E-state index in [1.165, 1.54) is 19.3 Å². The molecule has 0 spiro atoms. The zero-order valence-corrected chi connectivity index (χ0v) is 16.3. The fourth-order valence-electron chi connectivity index (χ4n) is 3.69. The summed E-state index contributed by atoms with van der Waals surface area (Å²) in [5.41, 5.74) is 3.02. The van der Waals surface area contributed by atoms with Gasteiger partial charge in [0, 0.05) is 12.7 Å². The van der Waals surface area contributed by atoms with Crippen molar-refractivity contribution in [2.45, 2.75) is 52.6 Å². The summed E-state index contributed by atoms with van der Waals surface area (Å²) in [7, 11) is 1.79. The Morgan fingerprint density at radius 3 is 2.65 bits per heavy atom. The predicted octanol–water partition coefficient (Wildman–Crippen LogP) is 4.11.